The molecular weight excluding hydrogens is 400 g/mol. The summed E-state index contributed by atoms with van der Waals surface area (Å²) in [5.41, 5.74) is 1.32. The number of rotatable bonds is 4. The summed E-state index contributed by atoms with van der Waals surface area (Å²) in [6.07, 6.45) is 1.91. The summed E-state index contributed by atoms with van der Waals surface area (Å²) in [4.78, 5) is 12.4. The van der Waals surface area contributed by atoms with Crippen molar-refractivity contribution in [2.75, 3.05) is 12.4 Å². The first-order valence-corrected chi connectivity index (χ1v) is 8.03. The lowest BCUT2D eigenvalue weighted by Gasteiger charge is -2.13. The van der Waals surface area contributed by atoms with E-state index in [0.717, 1.165) is 14.7 Å². The highest BCUT2D eigenvalue weighted by atomic mass is 79.9. The van der Waals surface area contributed by atoms with Crippen molar-refractivity contribution in [1.29, 1.82) is 0 Å². The molecule has 1 heterocycles. The Balaban J connectivity index is 2.24. The maximum Gasteiger partial charge on any atom is 0.272 e. The van der Waals surface area contributed by atoms with Crippen LogP contribution in [0.5, 0.6) is 5.75 Å². The Morgan fingerprint density at radius 1 is 1.29 bits per heavy atom. The van der Waals surface area contributed by atoms with Crippen molar-refractivity contribution in [2.45, 2.75) is 19.9 Å². The molecule has 112 valence electrons. The molecule has 0 fully saturated rings. The van der Waals surface area contributed by atoms with E-state index in [-0.39, 0.29) is 11.9 Å². The Morgan fingerprint density at radius 2 is 2.00 bits per heavy atom. The molecule has 0 aliphatic carbocycles. The fourth-order valence-corrected chi connectivity index (χ4v) is 2.97. The molecule has 2 aromatic rings. The van der Waals surface area contributed by atoms with E-state index < -0.39 is 0 Å². The van der Waals surface area contributed by atoms with Gasteiger partial charge in [0, 0.05) is 22.4 Å². The monoisotopic (exact) mass is 414 g/mol. The Kier molecular flexibility index (Phi) is 5.11. The normalized spacial score (nSPS) is 10.8. The van der Waals surface area contributed by atoms with E-state index in [1.165, 1.54) is 0 Å². The molecule has 1 aromatic heterocycles. The van der Waals surface area contributed by atoms with Crippen LogP contribution in [0.25, 0.3) is 0 Å². The van der Waals surface area contributed by atoms with Crippen LogP contribution in [0.3, 0.4) is 0 Å². The molecule has 0 saturated heterocycles. The van der Waals surface area contributed by atoms with Gasteiger partial charge in [0.2, 0.25) is 0 Å². The summed E-state index contributed by atoms with van der Waals surface area (Å²) in [6.45, 7) is 4.07. The minimum Gasteiger partial charge on any atom is -0.496 e. The zero-order chi connectivity index (χ0) is 15.6. The number of hydrogen-bond donors (Lipinski definition) is 1. The van der Waals surface area contributed by atoms with E-state index in [4.69, 9.17) is 4.74 Å². The van der Waals surface area contributed by atoms with Crippen molar-refractivity contribution in [1.82, 2.24) is 4.57 Å². The van der Waals surface area contributed by atoms with Gasteiger partial charge in [-0.25, -0.2) is 0 Å². The standard InChI is InChI=1S/C15H16Br2N2O2/c1-9(2)19-8-10(16)6-13(19)15(20)18-11-4-5-14(21-3)12(17)7-11/h4-9H,1-3H3,(H,18,20). The van der Waals surface area contributed by atoms with Gasteiger partial charge in [-0.1, -0.05) is 0 Å². The fraction of sp³-hybridized carbons (Fsp3) is 0.267. The lowest BCUT2D eigenvalue weighted by molar-refractivity contribution is 0.101. The number of carbonyl (C=O) groups excluding carboxylic acids is 1. The van der Waals surface area contributed by atoms with E-state index in [1.54, 1.807) is 19.2 Å². The van der Waals surface area contributed by atoms with Crippen molar-refractivity contribution in [3.8, 4) is 5.75 Å². The highest BCUT2D eigenvalue weighted by Gasteiger charge is 2.15. The second-order valence-corrected chi connectivity index (χ2v) is 6.62. The maximum atomic E-state index is 12.4. The number of benzene rings is 1. The van der Waals surface area contributed by atoms with Crippen molar-refractivity contribution >= 4 is 43.5 Å². The molecule has 0 unspecified atom stereocenters. The summed E-state index contributed by atoms with van der Waals surface area (Å²) in [7, 11) is 1.60. The van der Waals surface area contributed by atoms with Crippen LogP contribution < -0.4 is 10.1 Å². The maximum absolute atomic E-state index is 12.4. The predicted octanol–water partition coefficient (Wildman–Crippen LogP) is 4.85. The van der Waals surface area contributed by atoms with Crippen molar-refractivity contribution < 1.29 is 9.53 Å². The molecule has 0 radical (unpaired) electrons. The molecule has 0 aliphatic heterocycles. The van der Waals surface area contributed by atoms with Crippen molar-refractivity contribution in [3.05, 3.63) is 45.1 Å². The van der Waals surface area contributed by atoms with Gasteiger partial charge >= 0.3 is 0 Å². The molecule has 1 amide bonds. The predicted molar refractivity (Wildman–Crippen MR) is 91.2 cm³/mol. The number of halogens is 2. The van der Waals surface area contributed by atoms with Gasteiger partial charge in [-0.15, -0.1) is 0 Å². The number of hydrogen-bond acceptors (Lipinski definition) is 2. The SMILES string of the molecule is COc1ccc(NC(=O)c2cc(Br)cn2C(C)C)cc1Br. The van der Waals surface area contributed by atoms with Gasteiger partial charge in [0.1, 0.15) is 11.4 Å². The molecule has 0 bridgehead atoms. The molecule has 2 rings (SSSR count). The minimum absolute atomic E-state index is 0.147. The average Bonchev–Trinajstić information content (AvgIpc) is 2.81. The Bertz CT molecular complexity index is 666. The Hall–Kier alpha value is -1.27. The van der Waals surface area contributed by atoms with E-state index in [2.05, 4.69) is 37.2 Å². The van der Waals surface area contributed by atoms with Crippen molar-refractivity contribution in [3.63, 3.8) is 0 Å². The number of amides is 1. The lowest BCUT2D eigenvalue weighted by Crippen LogP contribution is -2.17. The third-order valence-electron chi connectivity index (χ3n) is 3.01. The number of nitrogens with zero attached hydrogens (tertiary/aromatic N) is 1. The van der Waals surface area contributed by atoms with Gasteiger partial charge in [-0.05, 0) is 70.0 Å². The van der Waals surface area contributed by atoms with Gasteiger partial charge < -0.3 is 14.6 Å². The van der Waals surface area contributed by atoms with Gasteiger partial charge in [0.25, 0.3) is 5.91 Å². The van der Waals surface area contributed by atoms with Gasteiger partial charge in [-0.2, -0.15) is 0 Å². The van der Waals surface area contributed by atoms with Crippen LogP contribution in [0.15, 0.2) is 39.4 Å². The zero-order valence-electron chi connectivity index (χ0n) is 12.0. The quantitative estimate of drug-likeness (QED) is 0.775. The molecule has 6 heteroatoms. The minimum atomic E-state index is -0.147. The number of methoxy groups -OCH3 is 1. The smallest absolute Gasteiger partial charge is 0.272 e. The topological polar surface area (TPSA) is 43.3 Å². The highest BCUT2D eigenvalue weighted by Crippen LogP contribution is 2.28. The third-order valence-corrected chi connectivity index (χ3v) is 4.07. The van der Waals surface area contributed by atoms with Crippen LogP contribution in [0.1, 0.15) is 30.4 Å². The number of ether oxygens (including phenoxy) is 1. The highest BCUT2D eigenvalue weighted by molar-refractivity contribution is 9.10. The van der Waals surface area contributed by atoms with Crippen LogP contribution in [-0.4, -0.2) is 17.6 Å². The summed E-state index contributed by atoms with van der Waals surface area (Å²) >= 11 is 6.82. The first kappa shape index (κ1) is 16.1. The van der Waals surface area contributed by atoms with Gasteiger partial charge in [0.05, 0.1) is 11.6 Å². The van der Waals surface area contributed by atoms with E-state index >= 15 is 0 Å². The molecule has 0 spiro atoms. The average molecular weight is 416 g/mol. The molecule has 1 aromatic carbocycles. The fourth-order valence-electron chi connectivity index (χ4n) is 1.99. The molecule has 0 saturated carbocycles. The van der Waals surface area contributed by atoms with E-state index in [0.29, 0.717) is 11.4 Å². The van der Waals surface area contributed by atoms with Crippen LogP contribution in [0, 0.1) is 0 Å². The van der Waals surface area contributed by atoms with Crippen LogP contribution in [0.2, 0.25) is 0 Å². The zero-order valence-corrected chi connectivity index (χ0v) is 15.2. The van der Waals surface area contributed by atoms with E-state index in [9.17, 15) is 4.79 Å². The number of aromatic nitrogens is 1. The molecule has 4 nitrogen and oxygen atoms in total. The largest absolute Gasteiger partial charge is 0.496 e. The van der Waals surface area contributed by atoms with Crippen molar-refractivity contribution in [2.24, 2.45) is 0 Å². The summed E-state index contributed by atoms with van der Waals surface area (Å²) in [5, 5.41) is 2.89. The Labute approximate surface area is 140 Å². The molecule has 0 atom stereocenters. The second-order valence-electron chi connectivity index (χ2n) is 4.85. The van der Waals surface area contributed by atoms with Crippen LogP contribution in [0.4, 0.5) is 5.69 Å². The first-order chi connectivity index (χ1) is 9.92. The summed E-state index contributed by atoms with van der Waals surface area (Å²) in [5.74, 6) is 0.577. The number of nitrogens with one attached hydrogen (secondary N) is 1. The van der Waals surface area contributed by atoms with Crippen LogP contribution >= 0.6 is 31.9 Å². The second kappa shape index (κ2) is 6.66. The summed E-state index contributed by atoms with van der Waals surface area (Å²) in [6, 6.07) is 7.44. The molecule has 0 aliphatic rings. The Morgan fingerprint density at radius 3 is 2.57 bits per heavy atom. The van der Waals surface area contributed by atoms with Gasteiger partial charge in [-0.3, -0.25) is 4.79 Å². The lowest BCUT2D eigenvalue weighted by atomic mass is 10.3. The molecule has 1 N–H and O–H groups in total. The van der Waals surface area contributed by atoms with E-state index in [1.807, 2.05) is 36.7 Å². The van der Waals surface area contributed by atoms with Crippen LogP contribution in [-0.2, 0) is 0 Å². The van der Waals surface area contributed by atoms with Gasteiger partial charge in [0.15, 0.2) is 0 Å². The molecule has 21 heavy (non-hydrogen) atoms. The number of carbonyl (C=O) groups is 1. The summed E-state index contributed by atoms with van der Waals surface area (Å²) < 4.78 is 8.78. The molecular formula is C15H16Br2N2O2. The first-order valence-electron chi connectivity index (χ1n) is 6.44. The number of anilines is 1. The third kappa shape index (κ3) is 3.68.